The Kier molecular flexibility index (Phi) is 4.80. The molecule has 6 heteroatoms. The maximum atomic E-state index is 6.11. The average molecular weight is 382 g/mol. The van der Waals surface area contributed by atoms with Crippen LogP contribution in [-0.2, 0) is 4.74 Å². The lowest BCUT2D eigenvalue weighted by atomic mass is 10.2. The van der Waals surface area contributed by atoms with Gasteiger partial charge in [0.2, 0.25) is 0 Å². The predicted molar refractivity (Wildman–Crippen MR) is 79.9 cm³/mol. The van der Waals surface area contributed by atoms with Crippen molar-refractivity contribution in [2.24, 2.45) is 0 Å². The summed E-state index contributed by atoms with van der Waals surface area (Å²) < 4.78 is 6.68. The Labute approximate surface area is 126 Å². The van der Waals surface area contributed by atoms with E-state index in [-0.39, 0.29) is 6.10 Å². The van der Waals surface area contributed by atoms with Gasteiger partial charge in [-0.2, -0.15) is 0 Å². The van der Waals surface area contributed by atoms with Gasteiger partial charge >= 0.3 is 0 Å². The second-order valence-corrected chi connectivity index (χ2v) is 6.16. The Morgan fingerprint density at radius 3 is 2.78 bits per heavy atom. The molecule has 0 aromatic carbocycles. The third-order valence-corrected chi connectivity index (χ3v) is 4.99. The molecule has 1 aliphatic rings. The molecule has 0 spiro atoms. The third kappa shape index (κ3) is 3.12. The summed E-state index contributed by atoms with van der Waals surface area (Å²) in [7, 11) is 0. The molecule has 1 unspecified atom stereocenters. The second-order valence-electron chi connectivity index (χ2n) is 4.72. The maximum absolute atomic E-state index is 6.11. The van der Waals surface area contributed by atoms with Crippen molar-refractivity contribution in [2.75, 3.05) is 19.7 Å². The minimum Gasteiger partial charge on any atom is -0.368 e. The molecular formula is C12H17ClIN3O. The van der Waals surface area contributed by atoms with Gasteiger partial charge in [-0.05, 0) is 43.4 Å². The summed E-state index contributed by atoms with van der Waals surface area (Å²) in [5, 5.41) is 0.517. The molecule has 1 saturated heterocycles. The Balaban J connectivity index is 2.21. The molecule has 100 valence electrons. The lowest BCUT2D eigenvalue weighted by Gasteiger charge is -2.34. The van der Waals surface area contributed by atoms with E-state index in [4.69, 9.17) is 16.3 Å². The van der Waals surface area contributed by atoms with E-state index in [0.717, 1.165) is 29.0 Å². The van der Waals surface area contributed by atoms with Crippen molar-refractivity contribution in [3.05, 3.63) is 20.2 Å². The fourth-order valence-electron chi connectivity index (χ4n) is 1.98. The Hall–Kier alpha value is 0.0200. The largest absolute Gasteiger partial charge is 0.368 e. The van der Waals surface area contributed by atoms with Gasteiger partial charge in [-0.15, -0.1) is 0 Å². The van der Waals surface area contributed by atoms with Gasteiger partial charge in [-0.1, -0.05) is 11.6 Å². The van der Waals surface area contributed by atoms with E-state index in [9.17, 15) is 0 Å². The molecule has 0 amide bonds. The normalized spacial score (nSPS) is 21.6. The second kappa shape index (κ2) is 5.98. The number of hydrogen-bond donors (Lipinski definition) is 0. The first-order chi connectivity index (χ1) is 8.49. The number of aromatic nitrogens is 2. The van der Waals surface area contributed by atoms with Gasteiger partial charge < -0.3 is 4.74 Å². The molecule has 1 atom stereocenters. The highest BCUT2D eigenvalue weighted by molar-refractivity contribution is 14.1. The van der Waals surface area contributed by atoms with Crippen LogP contribution in [-0.4, -0.2) is 40.6 Å². The third-order valence-electron chi connectivity index (χ3n) is 3.11. The van der Waals surface area contributed by atoms with E-state index < -0.39 is 0 Å². The van der Waals surface area contributed by atoms with E-state index in [1.54, 1.807) is 0 Å². The summed E-state index contributed by atoms with van der Waals surface area (Å²) in [5.41, 5.74) is 0.913. The molecule has 0 aliphatic carbocycles. The molecule has 0 saturated carbocycles. The fraction of sp³-hybridized carbons (Fsp3) is 0.667. The van der Waals surface area contributed by atoms with Crippen molar-refractivity contribution in [3.8, 4) is 0 Å². The Morgan fingerprint density at radius 1 is 1.44 bits per heavy atom. The predicted octanol–water partition coefficient (Wildman–Crippen LogP) is 2.82. The average Bonchev–Trinajstić information content (AvgIpc) is 2.35. The summed E-state index contributed by atoms with van der Waals surface area (Å²) in [4.78, 5) is 11.2. The highest BCUT2D eigenvalue weighted by atomic mass is 127. The van der Waals surface area contributed by atoms with Crippen LogP contribution in [0.5, 0.6) is 0 Å². The van der Waals surface area contributed by atoms with E-state index in [0.29, 0.717) is 17.0 Å². The smallest absolute Gasteiger partial charge is 0.160 e. The maximum Gasteiger partial charge on any atom is 0.160 e. The van der Waals surface area contributed by atoms with Crippen LogP contribution < -0.4 is 0 Å². The number of hydrogen-bond acceptors (Lipinski definition) is 4. The number of halogens is 2. The summed E-state index contributed by atoms with van der Waals surface area (Å²) in [6.45, 7) is 8.83. The summed E-state index contributed by atoms with van der Waals surface area (Å²) in [5.74, 6) is 0.697. The summed E-state index contributed by atoms with van der Waals surface area (Å²) in [6, 6.07) is 0.511. The molecule has 2 heterocycles. The van der Waals surface area contributed by atoms with Gasteiger partial charge in [0.1, 0.15) is 11.3 Å². The van der Waals surface area contributed by atoms with Crippen LogP contribution in [0.2, 0.25) is 5.15 Å². The summed E-state index contributed by atoms with van der Waals surface area (Å²) in [6.07, 6.45) is -0.0747. The van der Waals surface area contributed by atoms with Crippen LogP contribution in [0.4, 0.5) is 0 Å². The minimum absolute atomic E-state index is 0.0747. The molecule has 0 radical (unpaired) electrons. The van der Waals surface area contributed by atoms with Crippen LogP contribution in [0.3, 0.4) is 0 Å². The monoisotopic (exact) mass is 381 g/mol. The van der Waals surface area contributed by atoms with E-state index >= 15 is 0 Å². The zero-order chi connectivity index (χ0) is 13.3. The molecule has 0 N–H and O–H groups in total. The van der Waals surface area contributed by atoms with Crippen molar-refractivity contribution >= 4 is 34.2 Å². The van der Waals surface area contributed by atoms with Gasteiger partial charge in [-0.3, -0.25) is 4.90 Å². The zero-order valence-electron chi connectivity index (χ0n) is 10.8. The standard InChI is InChI=1S/C12H17ClIN3O/c1-7(2)17-4-5-18-9(6-17)12-15-8(3)10(14)11(13)16-12/h7,9H,4-6H2,1-3H3. The SMILES string of the molecule is Cc1nc(C2CN(C(C)C)CCO2)nc(Cl)c1I. The molecule has 1 aromatic rings. The first kappa shape index (κ1) is 14.4. The van der Waals surface area contributed by atoms with Crippen molar-refractivity contribution < 1.29 is 4.74 Å². The first-order valence-corrected chi connectivity index (χ1v) is 7.50. The van der Waals surface area contributed by atoms with Crippen LogP contribution >= 0.6 is 34.2 Å². The van der Waals surface area contributed by atoms with Gasteiger partial charge in [0.15, 0.2) is 5.82 Å². The van der Waals surface area contributed by atoms with Crippen molar-refractivity contribution in [1.29, 1.82) is 0 Å². The van der Waals surface area contributed by atoms with Gasteiger partial charge in [0.25, 0.3) is 0 Å². The van der Waals surface area contributed by atoms with Crippen molar-refractivity contribution in [2.45, 2.75) is 32.9 Å². The number of morpholine rings is 1. The molecule has 18 heavy (non-hydrogen) atoms. The van der Waals surface area contributed by atoms with Crippen LogP contribution in [0, 0.1) is 10.5 Å². The van der Waals surface area contributed by atoms with E-state index in [2.05, 4.69) is 51.3 Å². The Bertz CT molecular complexity index is 418. The molecule has 0 bridgehead atoms. The topological polar surface area (TPSA) is 38.2 Å². The number of ether oxygens (including phenoxy) is 1. The van der Waals surface area contributed by atoms with Crippen LogP contribution in [0.15, 0.2) is 0 Å². The highest BCUT2D eigenvalue weighted by Gasteiger charge is 2.26. The molecule has 4 nitrogen and oxygen atoms in total. The quantitative estimate of drug-likeness (QED) is 0.583. The minimum atomic E-state index is -0.0747. The van der Waals surface area contributed by atoms with Gasteiger partial charge in [-0.25, -0.2) is 9.97 Å². The number of nitrogens with zero attached hydrogens (tertiary/aromatic N) is 3. The number of aryl methyl sites for hydroxylation is 1. The van der Waals surface area contributed by atoms with Gasteiger partial charge in [0.05, 0.1) is 15.9 Å². The molecular weight excluding hydrogens is 365 g/mol. The van der Waals surface area contributed by atoms with Crippen molar-refractivity contribution in [1.82, 2.24) is 14.9 Å². The van der Waals surface area contributed by atoms with E-state index in [1.165, 1.54) is 0 Å². The molecule has 1 aliphatic heterocycles. The Morgan fingerprint density at radius 2 is 2.17 bits per heavy atom. The zero-order valence-corrected chi connectivity index (χ0v) is 13.7. The molecule has 1 aromatic heterocycles. The lowest BCUT2D eigenvalue weighted by molar-refractivity contribution is -0.0443. The van der Waals surface area contributed by atoms with Crippen LogP contribution in [0.25, 0.3) is 0 Å². The molecule has 1 fully saturated rings. The van der Waals surface area contributed by atoms with Gasteiger partial charge in [0, 0.05) is 19.1 Å². The number of rotatable bonds is 2. The first-order valence-electron chi connectivity index (χ1n) is 6.04. The van der Waals surface area contributed by atoms with Crippen molar-refractivity contribution in [3.63, 3.8) is 0 Å². The lowest BCUT2D eigenvalue weighted by Crippen LogP contribution is -2.42. The fourth-order valence-corrected chi connectivity index (χ4v) is 2.45. The molecule has 2 rings (SSSR count). The van der Waals surface area contributed by atoms with Crippen LogP contribution in [0.1, 0.15) is 31.5 Å². The summed E-state index contributed by atoms with van der Waals surface area (Å²) >= 11 is 8.27. The van der Waals surface area contributed by atoms with E-state index in [1.807, 2.05) is 6.92 Å². The highest BCUT2D eigenvalue weighted by Crippen LogP contribution is 2.25.